The summed E-state index contributed by atoms with van der Waals surface area (Å²) in [5.41, 5.74) is 2.91. The van der Waals surface area contributed by atoms with Crippen molar-refractivity contribution < 1.29 is 14.3 Å². The molecule has 144 valence electrons. The quantitative estimate of drug-likeness (QED) is 0.607. The topological polar surface area (TPSA) is 86.2 Å². The Morgan fingerprint density at radius 2 is 1.93 bits per heavy atom. The lowest BCUT2D eigenvalue weighted by Crippen LogP contribution is -2.24. The maximum Gasteiger partial charge on any atom is 0.252 e. The Hall–Kier alpha value is -3.48. The third-order valence-electron chi connectivity index (χ3n) is 4.16. The van der Waals surface area contributed by atoms with Crippen LogP contribution in [0.4, 0.5) is 0 Å². The van der Waals surface area contributed by atoms with Gasteiger partial charge in [-0.2, -0.15) is 4.98 Å². The molecular weight excluding hydrogens is 356 g/mol. The highest BCUT2D eigenvalue weighted by Gasteiger charge is 2.12. The molecule has 28 heavy (non-hydrogen) atoms. The third kappa shape index (κ3) is 4.82. The van der Waals surface area contributed by atoms with Crippen LogP contribution in [-0.2, 0) is 6.42 Å². The zero-order chi connectivity index (χ0) is 19.8. The van der Waals surface area contributed by atoms with E-state index in [9.17, 15) is 4.79 Å². The second-order valence-electron chi connectivity index (χ2n) is 6.02. The monoisotopic (exact) mass is 378 g/mol. The van der Waals surface area contributed by atoms with E-state index in [1.807, 2.05) is 24.3 Å². The van der Waals surface area contributed by atoms with Crippen molar-refractivity contribution in [2.75, 3.05) is 20.8 Å². The summed E-state index contributed by atoms with van der Waals surface area (Å²) in [5, 5.41) is 2.91. The summed E-state index contributed by atoms with van der Waals surface area (Å²) in [5.74, 6) is 0.723. The molecule has 7 nitrogen and oxygen atoms in total. The first-order chi connectivity index (χ1) is 13.7. The predicted octanol–water partition coefficient (Wildman–Crippen LogP) is 2.92. The molecular formula is C21H22N4O3. The summed E-state index contributed by atoms with van der Waals surface area (Å²) < 4.78 is 10.4. The largest absolute Gasteiger partial charge is 0.481 e. The maximum absolute atomic E-state index is 12.3. The molecule has 3 rings (SSSR count). The highest BCUT2D eigenvalue weighted by atomic mass is 16.5. The summed E-state index contributed by atoms with van der Waals surface area (Å²) in [7, 11) is 3.08. The van der Waals surface area contributed by atoms with Crippen LogP contribution < -0.4 is 14.8 Å². The van der Waals surface area contributed by atoms with Crippen LogP contribution in [0.1, 0.15) is 22.5 Å². The van der Waals surface area contributed by atoms with Gasteiger partial charge in [-0.05, 0) is 43.2 Å². The lowest BCUT2D eigenvalue weighted by molar-refractivity contribution is 0.0953. The number of aromatic nitrogens is 3. The molecule has 0 atom stereocenters. The van der Waals surface area contributed by atoms with Gasteiger partial charge >= 0.3 is 0 Å². The second-order valence-corrected chi connectivity index (χ2v) is 6.02. The predicted molar refractivity (Wildman–Crippen MR) is 105 cm³/mol. The molecule has 0 aliphatic rings. The van der Waals surface area contributed by atoms with Crippen LogP contribution in [0.3, 0.4) is 0 Å². The first-order valence-corrected chi connectivity index (χ1v) is 8.95. The molecule has 3 heterocycles. The van der Waals surface area contributed by atoms with Gasteiger partial charge in [0.05, 0.1) is 31.0 Å². The van der Waals surface area contributed by atoms with Gasteiger partial charge < -0.3 is 14.8 Å². The summed E-state index contributed by atoms with van der Waals surface area (Å²) in [6.45, 7) is 0.577. The Kier molecular flexibility index (Phi) is 6.51. The molecule has 0 aromatic carbocycles. The van der Waals surface area contributed by atoms with Crippen LogP contribution in [0.15, 0.2) is 54.9 Å². The van der Waals surface area contributed by atoms with Gasteiger partial charge in [-0.1, -0.05) is 6.07 Å². The minimum Gasteiger partial charge on any atom is -0.481 e. The number of carbonyl (C=O) groups excluding carboxylic acids is 1. The number of pyridine rings is 3. The van der Waals surface area contributed by atoms with E-state index in [0.717, 1.165) is 24.1 Å². The van der Waals surface area contributed by atoms with Crippen molar-refractivity contribution in [3.63, 3.8) is 0 Å². The molecule has 1 N–H and O–H groups in total. The number of nitrogens with one attached hydrogen (secondary N) is 1. The molecule has 0 aliphatic heterocycles. The number of carbonyl (C=O) groups is 1. The minimum absolute atomic E-state index is 0.153. The molecule has 0 saturated carbocycles. The van der Waals surface area contributed by atoms with Gasteiger partial charge in [0.2, 0.25) is 11.8 Å². The van der Waals surface area contributed by atoms with Gasteiger partial charge in [0, 0.05) is 30.7 Å². The van der Waals surface area contributed by atoms with E-state index >= 15 is 0 Å². The van der Waals surface area contributed by atoms with Gasteiger partial charge in [0.25, 0.3) is 5.91 Å². The Labute approximate surface area is 163 Å². The lowest BCUT2D eigenvalue weighted by atomic mass is 10.1. The average molecular weight is 378 g/mol. The summed E-state index contributed by atoms with van der Waals surface area (Å²) in [4.78, 5) is 25.2. The molecule has 0 bridgehead atoms. The first-order valence-electron chi connectivity index (χ1n) is 8.95. The fraction of sp³-hybridized carbons (Fsp3) is 0.238. The van der Waals surface area contributed by atoms with E-state index in [1.54, 1.807) is 37.7 Å². The molecule has 0 spiro atoms. The Bertz CT molecular complexity index is 915. The molecule has 0 saturated heterocycles. The standard InChI is InChI=1S/C21H22N4O3/c1-27-19-11-9-17(21(25-19)28-2)18-10-8-15(14-24-18)20(26)23-13-5-7-16-6-3-4-12-22-16/h3-4,6,8-12,14H,5,7,13H2,1-2H3,(H,23,26). The van der Waals surface area contributed by atoms with Crippen molar-refractivity contribution in [2.24, 2.45) is 0 Å². The smallest absolute Gasteiger partial charge is 0.252 e. The van der Waals surface area contributed by atoms with E-state index in [4.69, 9.17) is 9.47 Å². The summed E-state index contributed by atoms with van der Waals surface area (Å²) in [6.07, 6.45) is 4.97. The molecule has 0 unspecified atom stereocenters. The van der Waals surface area contributed by atoms with E-state index in [1.165, 1.54) is 7.11 Å². The molecule has 1 amide bonds. The van der Waals surface area contributed by atoms with Gasteiger partial charge in [-0.3, -0.25) is 14.8 Å². The van der Waals surface area contributed by atoms with Gasteiger partial charge in [0.15, 0.2) is 0 Å². The fourth-order valence-electron chi connectivity index (χ4n) is 2.69. The SMILES string of the molecule is COc1ccc(-c2ccc(C(=O)NCCCc3ccccn3)cn2)c(OC)n1. The van der Waals surface area contributed by atoms with E-state index < -0.39 is 0 Å². The molecule has 0 aliphatic carbocycles. The normalized spacial score (nSPS) is 10.4. The second kappa shape index (κ2) is 9.45. The number of amides is 1. The van der Waals surface area contributed by atoms with Gasteiger partial charge in [-0.15, -0.1) is 0 Å². The fourth-order valence-corrected chi connectivity index (χ4v) is 2.69. The Morgan fingerprint density at radius 3 is 2.61 bits per heavy atom. The van der Waals surface area contributed by atoms with Crippen molar-refractivity contribution in [1.29, 1.82) is 0 Å². The van der Waals surface area contributed by atoms with Crippen LogP contribution in [0.5, 0.6) is 11.8 Å². The number of methoxy groups -OCH3 is 2. The molecule has 0 fully saturated rings. The van der Waals surface area contributed by atoms with Crippen molar-refractivity contribution in [3.05, 3.63) is 66.1 Å². The number of aryl methyl sites for hydroxylation is 1. The highest BCUT2D eigenvalue weighted by molar-refractivity contribution is 5.94. The minimum atomic E-state index is -0.153. The van der Waals surface area contributed by atoms with Crippen molar-refractivity contribution in [2.45, 2.75) is 12.8 Å². The van der Waals surface area contributed by atoms with E-state index in [2.05, 4.69) is 20.3 Å². The third-order valence-corrected chi connectivity index (χ3v) is 4.16. The van der Waals surface area contributed by atoms with E-state index in [0.29, 0.717) is 29.6 Å². The van der Waals surface area contributed by atoms with Gasteiger partial charge in [0.1, 0.15) is 0 Å². The number of nitrogens with zero attached hydrogens (tertiary/aromatic N) is 3. The van der Waals surface area contributed by atoms with E-state index in [-0.39, 0.29) is 5.91 Å². The Morgan fingerprint density at radius 1 is 1.04 bits per heavy atom. The zero-order valence-electron chi connectivity index (χ0n) is 15.9. The van der Waals surface area contributed by atoms with Crippen molar-refractivity contribution in [3.8, 4) is 23.0 Å². The highest BCUT2D eigenvalue weighted by Crippen LogP contribution is 2.28. The zero-order valence-corrected chi connectivity index (χ0v) is 15.9. The van der Waals surface area contributed by atoms with Crippen LogP contribution in [0.2, 0.25) is 0 Å². The van der Waals surface area contributed by atoms with Gasteiger partial charge in [-0.25, -0.2) is 0 Å². The van der Waals surface area contributed by atoms with Crippen LogP contribution in [0.25, 0.3) is 11.3 Å². The number of hydrogen-bond donors (Lipinski definition) is 1. The number of rotatable bonds is 8. The molecule has 7 heteroatoms. The summed E-state index contributed by atoms with van der Waals surface area (Å²) in [6, 6.07) is 12.9. The Balaban J connectivity index is 1.58. The average Bonchev–Trinajstić information content (AvgIpc) is 2.77. The van der Waals surface area contributed by atoms with Crippen molar-refractivity contribution in [1.82, 2.24) is 20.3 Å². The first kappa shape index (κ1) is 19.3. The number of hydrogen-bond acceptors (Lipinski definition) is 6. The molecule has 0 radical (unpaired) electrons. The maximum atomic E-state index is 12.3. The molecule has 3 aromatic heterocycles. The van der Waals surface area contributed by atoms with Crippen molar-refractivity contribution >= 4 is 5.91 Å². The van der Waals surface area contributed by atoms with Crippen LogP contribution >= 0.6 is 0 Å². The molecule has 3 aromatic rings. The van der Waals surface area contributed by atoms with Crippen LogP contribution in [0, 0.1) is 0 Å². The van der Waals surface area contributed by atoms with Crippen LogP contribution in [-0.4, -0.2) is 41.6 Å². The summed E-state index contributed by atoms with van der Waals surface area (Å²) >= 11 is 0. The lowest BCUT2D eigenvalue weighted by Gasteiger charge is -2.09. The number of ether oxygens (including phenoxy) is 2.